The zero-order valence-electron chi connectivity index (χ0n) is 14.1. The lowest BCUT2D eigenvalue weighted by Crippen LogP contribution is -2.42. The van der Waals surface area contributed by atoms with E-state index in [0.717, 1.165) is 21.9 Å². The van der Waals surface area contributed by atoms with Crippen LogP contribution in [0.3, 0.4) is 0 Å². The fraction of sp³-hybridized carbons (Fsp3) is 0.143. The number of fused-ring (bicyclic) bond motifs is 1. The van der Waals surface area contributed by atoms with Gasteiger partial charge in [-0.05, 0) is 21.9 Å². The second-order valence-corrected chi connectivity index (χ2v) is 5.98. The van der Waals surface area contributed by atoms with Crippen LogP contribution in [0.1, 0.15) is 11.1 Å². The highest BCUT2D eigenvalue weighted by Crippen LogP contribution is 2.17. The Kier molecular flexibility index (Phi) is 5.49. The van der Waals surface area contributed by atoms with E-state index < -0.39 is 18.1 Å². The van der Waals surface area contributed by atoms with Crippen LogP contribution in [0.5, 0.6) is 0 Å². The standard InChI is InChI=1S/C21H19NO4/c23-20(24)19(22-21(25)26-14-15-6-2-1-3-7-15)13-16-10-11-17-8-4-5-9-18(17)12-16/h1-12,19H,13-14H2,(H,22,25)(H,23,24)/t19-/m0/s1. The molecule has 0 saturated carbocycles. The number of carboxylic acids is 1. The van der Waals surface area contributed by atoms with Crippen LogP contribution < -0.4 is 5.32 Å². The van der Waals surface area contributed by atoms with Crippen molar-refractivity contribution in [1.29, 1.82) is 0 Å². The number of ether oxygens (including phenoxy) is 1. The highest BCUT2D eigenvalue weighted by Gasteiger charge is 2.21. The summed E-state index contributed by atoms with van der Waals surface area (Å²) in [6.07, 6.45) is -0.567. The van der Waals surface area contributed by atoms with Crippen LogP contribution >= 0.6 is 0 Å². The van der Waals surface area contributed by atoms with Crippen molar-refractivity contribution >= 4 is 22.8 Å². The van der Waals surface area contributed by atoms with Gasteiger partial charge in [0, 0.05) is 6.42 Å². The van der Waals surface area contributed by atoms with Crippen LogP contribution in [-0.2, 0) is 22.6 Å². The monoisotopic (exact) mass is 349 g/mol. The molecular weight excluding hydrogens is 330 g/mol. The van der Waals surface area contributed by atoms with Crippen LogP contribution in [0, 0.1) is 0 Å². The first kappa shape index (κ1) is 17.5. The van der Waals surface area contributed by atoms with E-state index in [4.69, 9.17) is 4.74 Å². The number of benzene rings is 3. The van der Waals surface area contributed by atoms with Gasteiger partial charge in [0.25, 0.3) is 0 Å². The van der Waals surface area contributed by atoms with Crippen LogP contribution in [0.2, 0.25) is 0 Å². The summed E-state index contributed by atoms with van der Waals surface area (Å²) in [5.74, 6) is -1.10. The molecule has 1 amide bonds. The van der Waals surface area contributed by atoms with Crippen molar-refractivity contribution in [3.63, 3.8) is 0 Å². The largest absolute Gasteiger partial charge is 0.480 e. The first-order chi connectivity index (χ1) is 12.6. The van der Waals surface area contributed by atoms with Gasteiger partial charge in [0.2, 0.25) is 0 Å². The molecule has 0 saturated heterocycles. The number of hydrogen-bond acceptors (Lipinski definition) is 3. The van der Waals surface area contributed by atoms with E-state index in [1.807, 2.05) is 72.8 Å². The summed E-state index contributed by atoms with van der Waals surface area (Å²) in [7, 11) is 0. The molecule has 0 aliphatic rings. The maximum atomic E-state index is 11.9. The van der Waals surface area contributed by atoms with Crippen molar-refractivity contribution < 1.29 is 19.4 Å². The van der Waals surface area contributed by atoms with E-state index >= 15 is 0 Å². The predicted octanol–water partition coefficient (Wildman–Crippen LogP) is 3.76. The number of nitrogens with one attached hydrogen (secondary N) is 1. The van der Waals surface area contributed by atoms with E-state index in [1.165, 1.54) is 0 Å². The number of alkyl carbamates (subject to hydrolysis) is 1. The van der Waals surface area contributed by atoms with E-state index in [2.05, 4.69) is 5.32 Å². The third kappa shape index (κ3) is 4.60. The van der Waals surface area contributed by atoms with Gasteiger partial charge in [-0.1, -0.05) is 72.8 Å². The van der Waals surface area contributed by atoms with Gasteiger partial charge >= 0.3 is 12.1 Å². The fourth-order valence-electron chi connectivity index (χ4n) is 2.71. The summed E-state index contributed by atoms with van der Waals surface area (Å²) in [4.78, 5) is 23.4. The van der Waals surface area contributed by atoms with Crippen molar-refractivity contribution in [2.75, 3.05) is 0 Å². The first-order valence-electron chi connectivity index (χ1n) is 8.29. The van der Waals surface area contributed by atoms with E-state index in [0.29, 0.717) is 0 Å². The minimum Gasteiger partial charge on any atom is -0.480 e. The number of amides is 1. The molecule has 5 nitrogen and oxygen atoms in total. The molecule has 0 aliphatic heterocycles. The molecule has 0 heterocycles. The lowest BCUT2D eigenvalue weighted by atomic mass is 10.0. The quantitative estimate of drug-likeness (QED) is 0.710. The minimum atomic E-state index is -1.10. The Balaban J connectivity index is 1.62. The van der Waals surface area contributed by atoms with Crippen molar-refractivity contribution in [2.45, 2.75) is 19.1 Å². The normalized spacial score (nSPS) is 11.7. The van der Waals surface area contributed by atoms with E-state index in [-0.39, 0.29) is 13.0 Å². The molecule has 0 unspecified atom stereocenters. The Bertz CT molecular complexity index is 908. The number of rotatable bonds is 6. The molecule has 3 rings (SSSR count). The lowest BCUT2D eigenvalue weighted by Gasteiger charge is -2.15. The Morgan fingerprint density at radius 1 is 0.885 bits per heavy atom. The van der Waals surface area contributed by atoms with Crippen LogP contribution in [0.15, 0.2) is 72.8 Å². The molecule has 5 heteroatoms. The second-order valence-electron chi connectivity index (χ2n) is 5.98. The molecule has 132 valence electrons. The molecule has 3 aromatic carbocycles. The Morgan fingerprint density at radius 2 is 1.58 bits per heavy atom. The average Bonchev–Trinajstić information content (AvgIpc) is 2.66. The smallest absolute Gasteiger partial charge is 0.408 e. The number of carboxylic acid groups (broad SMARTS) is 1. The molecule has 0 spiro atoms. The predicted molar refractivity (Wildman–Crippen MR) is 98.8 cm³/mol. The summed E-state index contributed by atoms with van der Waals surface area (Å²) in [6.45, 7) is 0.0922. The summed E-state index contributed by atoms with van der Waals surface area (Å²) >= 11 is 0. The molecule has 0 bridgehead atoms. The van der Waals surface area contributed by atoms with Crippen molar-refractivity contribution in [2.24, 2.45) is 0 Å². The molecule has 0 fully saturated rings. The summed E-state index contributed by atoms with van der Waals surface area (Å²) in [6, 6.07) is 21.7. The van der Waals surface area contributed by atoms with Gasteiger partial charge in [0.1, 0.15) is 12.6 Å². The highest BCUT2D eigenvalue weighted by atomic mass is 16.5. The SMILES string of the molecule is O=C(N[C@@H](Cc1ccc2ccccc2c1)C(=O)O)OCc1ccccc1. The lowest BCUT2D eigenvalue weighted by molar-refractivity contribution is -0.139. The molecule has 1 atom stereocenters. The van der Waals surface area contributed by atoms with Gasteiger partial charge in [-0.3, -0.25) is 0 Å². The molecule has 0 aliphatic carbocycles. The second kappa shape index (κ2) is 8.16. The van der Waals surface area contributed by atoms with E-state index in [1.54, 1.807) is 0 Å². The molecule has 0 aromatic heterocycles. The molecule has 3 aromatic rings. The van der Waals surface area contributed by atoms with E-state index in [9.17, 15) is 14.7 Å². The van der Waals surface area contributed by atoms with Gasteiger partial charge < -0.3 is 15.2 Å². The van der Waals surface area contributed by atoms with Crippen molar-refractivity contribution in [3.8, 4) is 0 Å². The zero-order chi connectivity index (χ0) is 18.4. The number of hydrogen-bond donors (Lipinski definition) is 2. The third-order valence-corrected chi connectivity index (χ3v) is 4.06. The van der Waals surface area contributed by atoms with Crippen molar-refractivity contribution in [3.05, 3.63) is 83.9 Å². The van der Waals surface area contributed by atoms with Crippen LogP contribution in [-0.4, -0.2) is 23.2 Å². The highest BCUT2D eigenvalue weighted by molar-refractivity contribution is 5.84. The summed E-state index contributed by atoms with van der Waals surface area (Å²) < 4.78 is 5.10. The number of carbonyl (C=O) groups is 2. The zero-order valence-corrected chi connectivity index (χ0v) is 14.1. The van der Waals surface area contributed by atoms with Gasteiger partial charge in [-0.2, -0.15) is 0 Å². The molecule has 2 N–H and O–H groups in total. The maximum absolute atomic E-state index is 11.9. The summed E-state index contributed by atoms with van der Waals surface area (Å²) in [5.41, 5.74) is 1.67. The average molecular weight is 349 g/mol. The van der Waals surface area contributed by atoms with Gasteiger partial charge in [-0.25, -0.2) is 9.59 Å². The Labute approximate surface area is 151 Å². The minimum absolute atomic E-state index is 0.0922. The van der Waals surface area contributed by atoms with Gasteiger partial charge in [0.05, 0.1) is 0 Å². The topological polar surface area (TPSA) is 75.6 Å². The van der Waals surface area contributed by atoms with Crippen LogP contribution in [0.4, 0.5) is 4.79 Å². The van der Waals surface area contributed by atoms with Crippen LogP contribution in [0.25, 0.3) is 10.8 Å². The maximum Gasteiger partial charge on any atom is 0.408 e. The third-order valence-electron chi connectivity index (χ3n) is 4.06. The van der Waals surface area contributed by atoms with Gasteiger partial charge in [0.15, 0.2) is 0 Å². The Morgan fingerprint density at radius 3 is 2.31 bits per heavy atom. The first-order valence-corrected chi connectivity index (χ1v) is 8.29. The number of carbonyl (C=O) groups excluding carboxylic acids is 1. The molecule has 26 heavy (non-hydrogen) atoms. The Hall–Kier alpha value is -3.34. The van der Waals surface area contributed by atoms with Crippen molar-refractivity contribution in [1.82, 2.24) is 5.32 Å². The summed E-state index contributed by atoms with van der Waals surface area (Å²) in [5, 5.41) is 13.9. The van der Waals surface area contributed by atoms with Gasteiger partial charge in [-0.15, -0.1) is 0 Å². The number of aliphatic carboxylic acids is 1. The fourth-order valence-corrected chi connectivity index (χ4v) is 2.71. The molecule has 0 radical (unpaired) electrons. The molecular formula is C21H19NO4.